The van der Waals surface area contributed by atoms with Crippen LogP contribution in [0.1, 0.15) is 11.4 Å². The van der Waals surface area contributed by atoms with E-state index in [4.69, 9.17) is 10.5 Å². The summed E-state index contributed by atoms with van der Waals surface area (Å²) in [5, 5.41) is 21.0. The van der Waals surface area contributed by atoms with Crippen LogP contribution in [-0.2, 0) is 0 Å². The topological polar surface area (TPSA) is 93.3 Å². The first kappa shape index (κ1) is 10.1. The maximum absolute atomic E-state index is 11.6. The molecule has 6 heteroatoms. The van der Waals surface area contributed by atoms with Crippen molar-refractivity contribution in [1.82, 2.24) is 9.97 Å². The second-order valence-electron chi connectivity index (χ2n) is 2.87. The van der Waals surface area contributed by atoms with Crippen LogP contribution >= 0.6 is 11.3 Å². The second-order valence-corrected chi connectivity index (χ2v) is 3.65. The summed E-state index contributed by atoms with van der Waals surface area (Å²) < 4.78 is 0. The third-order valence-corrected chi connectivity index (χ3v) is 2.61. The van der Waals surface area contributed by atoms with Gasteiger partial charge in [-0.05, 0) is 11.4 Å². The molecule has 2 aromatic rings. The molecule has 0 aliphatic carbocycles. The Balaban J connectivity index is 2.72. The van der Waals surface area contributed by atoms with Gasteiger partial charge < -0.3 is 4.98 Å². The molecule has 0 atom stereocenters. The second kappa shape index (κ2) is 3.97. The standard InChI is InChI=1S/C10H4N4OS/c11-3-7-8(4-12)14-10(15)9(13-7)6-1-2-16-5-6/h1-2,5H,(H,14,15). The van der Waals surface area contributed by atoms with E-state index >= 15 is 0 Å². The van der Waals surface area contributed by atoms with Crippen LogP contribution in [0.25, 0.3) is 11.3 Å². The molecule has 0 aliphatic rings. The van der Waals surface area contributed by atoms with Crippen molar-refractivity contribution in [1.29, 1.82) is 10.5 Å². The zero-order chi connectivity index (χ0) is 11.5. The SMILES string of the molecule is N#Cc1nc(-c2ccsc2)c(=O)[nH]c1C#N. The first-order valence-corrected chi connectivity index (χ1v) is 5.17. The summed E-state index contributed by atoms with van der Waals surface area (Å²) in [5.74, 6) is 0. The molecule has 76 valence electrons. The minimum Gasteiger partial charge on any atom is -0.309 e. The molecule has 0 aromatic carbocycles. The van der Waals surface area contributed by atoms with Crippen molar-refractivity contribution in [3.05, 3.63) is 38.6 Å². The molecule has 5 nitrogen and oxygen atoms in total. The summed E-state index contributed by atoms with van der Waals surface area (Å²) in [7, 11) is 0. The van der Waals surface area contributed by atoms with Gasteiger partial charge in [-0.3, -0.25) is 4.79 Å². The lowest BCUT2D eigenvalue weighted by molar-refractivity contribution is 1.09. The Morgan fingerprint density at radius 1 is 1.38 bits per heavy atom. The molecule has 0 saturated carbocycles. The molecule has 2 rings (SSSR count). The molecule has 0 saturated heterocycles. The number of thiophene rings is 1. The lowest BCUT2D eigenvalue weighted by atomic mass is 10.2. The number of hydrogen-bond acceptors (Lipinski definition) is 5. The van der Waals surface area contributed by atoms with E-state index in [0.29, 0.717) is 5.56 Å². The predicted octanol–water partition coefficient (Wildman–Crippen LogP) is 1.24. The Morgan fingerprint density at radius 2 is 2.19 bits per heavy atom. The van der Waals surface area contributed by atoms with Gasteiger partial charge in [-0.1, -0.05) is 0 Å². The van der Waals surface area contributed by atoms with E-state index in [1.807, 2.05) is 0 Å². The molecule has 0 fully saturated rings. The van der Waals surface area contributed by atoms with Gasteiger partial charge in [-0.2, -0.15) is 21.9 Å². The van der Waals surface area contributed by atoms with E-state index in [2.05, 4.69) is 9.97 Å². The van der Waals surface area contributed by atoms with Gasteiger partial charge >= 0.3 is 0 Å². The minimum absolute atomic E-state index is 0.0664. The van der Waals surface area contributed by atoms with Gasteiger partial charge in [0.15, 0.2) is 11.4 Å². The Labute approximate surface area is 94.2 Å². The summed E-state index contributed by atoms with van der Waals surface area (Å²) in [6, 6.07) is 5.23. The number of aromatic nitrogens is 2. The molecular formula is C10H4N4OS. The van der Waals surface area contributed by atoms with Gasteiger partial charge in [-0.15, -0.1) is 0 Å². The van der Waals surface area contributed by atoms with E-state index in [1.54, 1.807) is 29.0 Å². The molecular weight excluding hydrogens is 224 g/mol. The predicted molar refractivity (Wildman–Crippen MR) is 57.6 cm³/mol. The Kier molecular flexibility index (Phi) is 2.50. The molecule has 0 amide bonds. The van der Waals surface area contributed by atoms with Crippen LogP contribution in [0.5, 0.6) is 0 Å². The van der Waals surface area contributed by atoms with Gasteiger partial charge in [0.05, 0.1) is 0 Å². The molecule has 0 spiro atoms. The Morgan fingerprint density at radius 3 is 2.75 bits per heavy atom. The number of H-pyrrole nitrogens is 1. The fraction of sp³-hybridized carbons (Fsp3) is 0. The first-order chi connectivity index (χ1) is 7.76. The number of hydrogen-bond donors (Lipinski definition) is 1. The Hall–Kier alpha value is -2.44. The van der Waals surface area contributed by atoms with Gasteiger partial charge in [0.25, 0.3) is 5.56 Å². The van der Waals surface area contributed by atoms with Crippen molar-refractivity contribution < 1.29 is 0 Å². The van der Waals surface area contributed by atoms with Crippen molar-refractivity contribution in [2.24, 2.45) is 0 Å². The van der Waals surface area contributed by atoms with Crippen molar-refractivity contribution in [2.75, 3.05) is 0 Å². The molecule has 2 heterocycles. The lowest BCUT2D eigenvalue weighted by Gasteiger charge is -1.98. The van der Waals surface area contributed by atoms with Gasteiger partial charge in [-0.25, -0.2) is 4.98 Å². The summed E-state index contributed by atoms with van der Waals surface area (Å²) in [4.78, 5) is 17.8. The molecule has 1 N–H and O–H groups in total. The zero-order valence-corrected chi connectivity index (χ0v) is 8.71. The summed E-state index contributed by atoms with van der Waals surface area (Å²) in [5.41, 5.74) is 0.174. The van der Waals surface area contributed by atoms with E-state index < -0.39 is 5.56 Å². The van der Waals surface area contributed by atoms with E-state index in [0.717, 1.165) is 0 Å². The van der Waals surface area contributed by atoms with Crippen LogP contribution in [0, 0.1) is 22.7 Å². The minimum atomic E-state index is -0.464. The average molecular weight is 228 g/mol. The molecule has 16 heavy (non-hydrogen) atoms. The van der Waals surface area contributed by atoms with E-state index in [1.165, 1.54) is 11.3 Å². The van der Waals surface area contributed by atoms with Gasteiger partial charge in [0.1, 0.15) is 17.8 Å². The third kappa shape index (κ3) is 1.58. The number of nitrogens with one attached hydrogen (secondary N) is 1. The quantitative estimate of drug-likeness (QED) is 0.794. The molecule has 0 radical (unpaired) electrons. The van der Waals surface area contributed by atoms with Crippen molar-refractivity contribution in [3.63, 3.8) is 0 Å². The summed E-state index contributed by atoms with van der Waals surface area (Å²) in [6.07, 6.45) is 0. The fourth-order valence-electron chi connectivity index (χ4n) is 1.21. The number of rotatable bonds is 1. The monoisotopic (exact) mass is 228 g/mol. The number of nitriles is 2. The molecule has 0 unspecified atom stereocenters. The van der Waals surface area contributed by atoms with Crippen LogP contribution in [0.3, 0.4) is 0 Å². The highest BCUT2D eigenvalue weighted by Crippen LogP contribution is 2.16. The van der Waals surface area contributed by atoms with Gasteiger partial charge in [0.2, 0.25) is 0 Å². The normalized spacial score (nSPS) is 9.38. The van der Waals surface area contributed by atoms with Crippen molar-refractivity contribution >= 4 is 11.3 Å². The smallest absolute Gasteiger partial charge is 0.275 e. The van der Waals surface area contributed by atoms with Crippen LogP contribution in [0.4, 0.5) is 0 Å². The highest BCUT2D eigenvalue weighted by Gasteiger charge is 2.11. The third-order valence-electron chi connectivity index (χ3n) is 1.93. The van der Waals surface area contributed by atoms with Crippen LogP contribution < -0.4 is 5.56 Å². The first-order valence-electron chi connectivity index (χ1n) is 4.23. The van der Waals surface area contributed by atoms with E-state index in [-0.39, 0.29) is 17.1 Å². The van der Waals surface area contributed by atoms with Crippen LogP contribution in [0.15, 0.2) is 21.6 Å². The molecule has 0 aliphatic heterocycles. The van der Waals surface area contributed by atoms with Crippen molar-refractivity contribution in [3.8, 4) is 23.4 Å². The zero-order valence-electron chi connectivity index (χ0n) is 7.89. The highest BCUT2D eigenvalue weighted by atomic mass is 32.1. The van der Waals surface area contributed by atoms with Crippen LogP contribution in [-0.4, -0.2) is 9.97 Å². The Bertz CT molecular complexity index is 658. The molecule has 0 bridgehead atoms. The lowest BCUT2D eigenvalue weighted by Crippen LogP contribution is -2.14. The van der Waals surface area contributed by atoms with Crippen molar-refractivity contribution in [2.45, 2.75) is 0 Å². The number of aromatic amines is 1. The highest BCUT2D eigenvalue weighted by molar-refractivity contribution is 7.08. The largest absolute Gasteiger partial charge is 0.309 e. The number of nitrogens with zero attached hydrogens (tertiary/aromatic N) is 3. The maximum atomic E-state index is 11.6. The summed E-state index contributed by atoms with van der Waals surface area (Å²) >= 11 is 1.43. The van der Waals surface area contributed by atoms with E-state index in [9.17, 15) is 4.79 Å². The maximum Gasteiger partial charge on any atom is 0.275 e. The summed E-state index contributed by atoms with van der Waals surface area (Å²) in [6.45, 7) is 0. The van der Waals surface area contributed by atoms with Gasteiger partial charge in [0, 0.05) is 10.9 Å². The van der Waals surface area contributed by atoms with Crippen LogP contribution in [0.2, 0.25) is 0 Å². The molecule has 2 aromatic heterocycles. The average Bonchev–Trinajstić information content (AvgIpc) is 2.82. The fourth-order valence-corrected chi connectivity index (χ4v) is 1.85.